The summed E-state index contributed by atoms with van der Waals surface area (Å²) in [5.41, 5.74) is 5.98. The Hall–Kier alpha value is -1.89. The molecule has 3 rings (SSSR count). The molecule has 0 spiro atoms. The zero-order chi connectivity index (χ0) is 11.1. The third-order valence-corrected chi connectivity index (χ3v) is 2.84. The van der Waals surface area contributed by atoms with E-state index in [0.29, 0.717) is 17.7 Å². The molecule has 0 atom stereocenters. The predicted octanol–water partition coefficient (Wildman–Crippen LogP) is -0.681. The highest BCUT2D eigenvalue weighted by atomic mass is 16.1. The van der Waals surface area contributed by atoms with Gasteiger partial charge in [-0.2, -0.15) is 5.10 Å². The molecule has 7 nitrogen and oxygen atoms in total. The number of nitrogens with zero attached hydrogens (tertiary/aromatic N) is 3. The molecule has 1 aliphatic rings. The van der Waals surface area contributed by atoms with Crippen molar-refractivity contribution in [2.24, 2.45) is 5.73 Å². The maximum absolute atomic E-state index is 11.2. The van der Waals surface area contributed by atoms with E-state index in [0.717, 1.165) is 18.7 Å². The van der Waals surface area contributed by atoms with Crippen molar-refractivity contribution >= 4 is 11.5 Å². The molecule has 1 aliphatic carbocycles. The molecule has 2 heterocycles. The van der Waals surface area contributed by atoms with Gasteiger partial charge in [0, 0.05) is 18.2 Å². The maximum Gasteiger partial charge on any atom is 0.348 e. The summed E-state index contributed by atoms with van der Waals surface area (Å²) in [5.74, 6) is 0.725. The van der Waals surface area contributed by atoms with Crippen LogP contribution < -0.4 is 16.7 Å². The second-order valence-corrected chi connectivity index (χ2v) is 4.10. The fourth-order valence-electron chi connectivity index (χ4n) is 1.88. The predicted molar refractivity (Wildman–Crippen MR) is 58.2 cm³/mol. The van der Waals surface area contributed by atoms with Gasteiger partial charge in [-0.25, -0.2) is 19.3 Å². The van der Waals surface area contributed by atoms with Crippen molar-refractivity contribution in [1.82, 2.24) is 19.6 Å². The fourth-order valence-corrected chi connectivity index (χ4v) is 1.88. The van der Waals surface area contributed by atoms with E-state index in [1.54, 1.807) is 6.07 Å². The smallest absolute Gasteiger partial charge is 0.348 e. The number of hydrogen-bond acceptors (Lipinski definition) is 5. The molecular weight excluding hydrogens is 208 g/mol. The van der Waals surface area contributed by atoms with Crippen LogP contribution in [0.1, 0.15) is 12.8 Å². The van der Waals surface area contributed by atoms with E-state index in [-0.39, 0.29) is 5.69 Å². The molecular formula is C9H12N6O. The molecule has 1 saturated carbocycles. The van der Waals surface area contributed by atoms with Gasteiger partial charge in [-0.1, -0.05) is 0 Å². The normalized spacial score (nSPS) is 24.3. The Morgan fingerprint density at radius 1 is 1.56 bits per heavy atom. The SMILES string of the molecule is NC1CC(Nc2cc3n[nH]c(=O)n3cn2)C1. The minimum atomic E-state index is -0.278. The van der Waals surface area contributed by atoms with Crippen LogP contribution in [0.15, 0.2) is 17.2 Å². The van der Waals surface area contributed by atoms with Crippen LogP contribution in [0.2, 0.25) is 0 Å². The molecule has 0 radical (unpaired) electrons. The first-order valence-electron chi connectivity index (χ1n) is 5.17. The van der Waals surface area contributed by atoms with E-state index in [4.69, 9.17) is 5.73 Å². The standard InChI is InChI=1S/C9H12N6O/c10-5-1-6(2-5)12-7-3-8-13-14-9(16)15(8)4-11-7/h3-6,12H,1-2,10H2,(H,14,16). The summed E-state index contributed by atoms with van der Waals surface area (Å²) < 4.78 is 1.36. The maximum atomic E-state index is 11.2. The van der Waals surface area contributed by atoms with Gasteiger partial charge in [0.2, 0.25) is 0 Å². The highest BCUT2D eigenvalue weighted by Gasteiger charge is 2.25. The van der Waals surface area contributed by atoms with Gasteiger partial charge in [-0.05, 0) is 12.8 Å². The van der Waals surface area contributed by atoms with Crippen molar-refractivity contribution in [3.63, 3.8) is 0 Å². The van der Waals surface area contributed by atoms with Crippen LogP contribution in [0, 0.1) is 0 Å². The summed E-state index contributed by atoms with van der Waals surface area (Å²) in [7, 11) is 0. The molecule has 1 fully saturated rings. The van der Waals surface area contributed by atoms with Crippen LogP contribution in [0.5, 0.6) is 0 Å². The van der Waals surface area contributed by atoms with Crippen molar-refractivity contribution in [2.75, 3.05) is 5.32 Å². The first-order chi connectivity index (χ1) is 7.72. The van der Waals surface area contributed by atoms with Crippen LogP contribution in [0.25, 0.3) is 5.65 Å². The van der Waals surface area contributed by atoms with Gasteiger partial charge in [0.05, 0.1) is 0 Å². The van der Waals surface area contributed by atoms with Crippen molar-refractivity contribution in [3.8, 4) is 0 Å². The Balaban J connectivity index is 1.85. The van der Waals surface area contributed by atoms with Gasteiger partial charge >= 0.3 is 5.69 Å². The van der Waals surface area contributed by atoms with Crippen LogP contribution >= 0.6 is 0 Å². The van der Waals surface area contributed by atoms with Crippen LogP contribution in [0.3, 0.4) is 0 Å². The number of nitrogens with one attached hydrogen (secondary N) is 2. The summed E-state index contributed by atoms with van der Waals surface area (Å²) >= 11 is 0. The second-order valence-electron chi connectivity index (χ2n) is 4.10. The van der Waals surface area contributed by atoms with Gasteiger partial charge in [-0.15, -0.1) is 0 Å². The van der Waals surface area contributed by atoms with Crippen molar-refractivity contribution < 1.29 is 0 Å². The Bertz CT molecular complexity index is 567. The van der Waals surface area contributed by atoms with Crippen LogP contribution in [0.4, 0.5) is 5.82 Å². The molecule has 0 saturated heterocycles. The molecule has 16 heavy (non-hydrogen) atoms. The average Bonchev–Trinajstić information content (AvgIpc) is 2.58. The number of nitrogens with two attached hydrogens (primary N) is 1. The Morgan fingerprint density at radius 3 is 3.12 bits per heavy atom. The van der Waals surface area contributed by atoms with Gasteiger partial charge in [0.1, 0.15) is 12.1 Å². The van der Waals surface area contributed by atoms with Gasteiger partial charge in [0.25, 0.3) is 0 Å². The highest BCUT2D eigenvalue weighted by molar-refractivity contribution is 5.49. The minimum Gasteiger partial charge on any atom is -0.367 e. The molecule has 0 bridgehead atoms. The van der Waals surface area contributed by atoms with Crippen LogP contribution in [-0.4, -0.2) is 31.7 Å². The Labute approximate surface area is 90.7 Å². The van der Waals surface area contributed by atoms with Gasteiger partial charge < -0.3 is 11.1 Å². The van der Waals surface area contributed by atoms with E-state index < -0.39 is 0 Å². The third-order valence-electron chi connectivity index (χ3n) is 2.84. The zero-order valence-corrected chi connectivity index (χ0v) is 8.55. The summed E-state index contributed by atoms with van der Waals surface area (Å²) in [4.78, 5) is 15.3. The van der Waals surface area contributed by atoms with Crippen molar-refractivity contribution in [1.29, 1.82) is 0 Å². The Morgan fingerprint density at radius 2 is 2.38 bits per heavy atom. The van der Waals surface area contributed by atoms with E-state index >= 15 is 0 Å². The number of hydrogen-bond donors (Lipinski definition) is 3. The van der Waals surface area contributed by atoms with Gasteiger partial charge in [-0.3, -0.25) is 0 Å². The molecule has 0 aliphatic heterocycles. The number of rotatable bonds is 2. The summed E-state index contributed by atoms with van der Waals surface area (Å²) in [6.07, 6.45) is 3.38. The van der Waals surface area contributed by atoms with E-state index in [1.165, 1.54) is 10.7 Å². The van der Waals surface area contributed by atoms with E-state index in [2.05, 4.69) is 20.5 Å². The van der Waals surface area contributed by atoms with Crippen molar-refractivity contribution in [3.05, 3.63) is 22.9 Å². The lowest BCUT2D eigenvalue weighted by molar-refractivity contribution is 0.373. The van der Waals surface area contributed by atoms with Crippen LogP contribution in [-0.2, 0) is 0 Å². The average molecular weight is 220 g/mol. The minimum absolute atomic E-state index is 0.278. The van der Waals surface area contributed by atoms with Gasteiger partial charge in [0.15, 0.2) is 5.65 Å². The number of H-pyrrole nitrogens is 1. The molecule has 0 unspecified atom stereocenters. The molecule has 0 aromatic carbocycles. The number of aromatic amines is 1. The largest absolute Gasteiger partial charge is 0.367 e. The van der Waals surface area contributed by atoms with E-state index in [9.17, 15) is 4.79 Å². The summed E-state index contributed by atoms with van der Waals surface area (Å²) in [6, 6.07) is 2.42. The quantitative estimate of drug-likeness (QED) is 0.622. The first-order valence-corrected chi connectivity index (χ1v) is 5.17. The molecule has 2 aromatic heterocycles. The lowest BCUT2D eigenvalue weighted by Crippen LogP contribution is -2.44. The monoisotopic (exact) mass is 220 g/mol. The lowest BCUT2D eigenvalue weighted by atomic mass is 9.88. The molecule has 7 heteroatoms. The number of fused-ring (bicyclic) bond motifs is 1. The molecule has 4 N–H and O–H groups in total. The van der Waals surface area contributed by atoms with E-state index in [1.807, 2.05) is 0 Å². The highest BCUT2D eigenvalue weighted by Crippen LogP contribution is 2.21. The zero-order valence-electron chi connectivity index (χ0n) is 8.55. The summed E-state index contributed by atoms with van der Waals surface area (Å²) in [6.45, 7) is 0. The molecule has 2 aromatic rings. The number of anilines is 1. The summed E-state index contributed by atoms with van der Waals surface area (Å²) in [5, 5.41) is 9.48. The molecule has 0 amide bonds. The lowest BCUT2D eigenvalue weighted by Gasteiger charge is -2.33. The Kier molecular flexibility index (Phi) is 1.93. The van der Waals surface area contributed by atoms with Crippen molar-refractivity contribution in [2.45, 2.75) is 24.9 Å². The third kappa shape index (κ3) is 1.45. The first kappa shape index (κ1) is 9.34. The molecule has 84 valence electrons. The fraction of sp³-hybridized carbons (Fsp3) is 0.444. The second kappa shape index (κ2) is 3.31. The number of aromatic nitrogens is 4. The topological polar surface area (TPSA) is 101 Å².